The summed E-state index contributed by atoms with van der Waals surface area (Å²) in [5.74, 6) is -0.367. The van der Waals surface area contributed by atoms with Gasteiger partial charge in [-0.3, -0.25) is 4.79 Å². The number of carbonyl (C=O) groups is 1. The second kappa shape index (κ2) is 4.52. The van der Waals surface area contributed by atoms with Crippen LogP contribution in [0.1, 0.15) is 12.0 Å². The molecule has 0 amide bonds. The summed E-state index contributed by atoms with van der Waals surface area (Å²) in [5, 5.41) is 8.52. The Balaban J connectivity index is 2.08. The van der Waals surface area contributed by atoms with Crippen LogP contribution < -0.4 is 0 Å². The molecule has 1 N–H and O–H groups in total. The molecule has 2 aromatic heterocycles. The van der Waals surface area contributed by atoms with E-state index in [0.717, 1.165) is 5.56 Å². The molecule has 2 aromatic rings. The molecule has 6 nitrogen and oxygen atoms in total. The summed E-state index contributed by atoms with van der Waals surface area (Å²) < 4.78 is 4.81. The quantitative estimate of drug-likeness (QED) is 0.829. The van der Waals surface area contributed by atoms with Gasteiger partial charge in [-0.05, 0) is 12.0 Å². The molecule has 0 aliphatic heterocycles. The van der Waals surface area contributed by atoms with Gasteiger partial charge < -0.3 is 9.52 Å². The third-order valence-corrected chi connectivity index (χ3v) is 1.99. The van der Waals surface area contributed by atoms with Crippen LogP contribution in [0.15, 0.2) is 29.5 Å². The first-order valence-electron chi connectivity index (χ1n) is 4.67. The lowest BCUT2D eigenvalue weighted by Crippen LogP contribution is -1.99. The van der Waals surface area contributed by atoms with Gasteiger partial charge in [0.2, 0.25) is 0 Å². The largest absolute Gasteiger partial charge is 0.481 e. The molecule has 0 saturated heterocycles. The van der Waals surface area contributed by atoms with Crippen LogP contribution in [0.4, 0.5) is 0 Å². The first kappa shape index (κ1) is 10.3. The fourth-order valence-corrected chi connectivity index (χ4v) is 1.19. The Morgan fingerprint density at radius 3 is 2.62 bits per heavy atom. The van der Waals surface area contributed by atoms with Crippen LogP contribution in [0.2, 0.25) is 0 Å². The predicted molar refractivity (Wildman–Crippen MR) is 53.5 cm³/mol. The van der Waals surface area contributed by atoms with Crippen molar-refractivity contribution in [3.63, 3.8) is 0 Å². The normalized spacial score (nSPS) is 10.2. The number of rotatable bonds is 4. The number of aliphatic carboxylic acids is 1. The van der Waals surface area contributed by atoms with Gasteiger partial charge in [-0.2, -0.15) is 0 Å². The van der Waals surface area contributed by atoms with Crippen LogP contribution in [-0.2, 0) is 11.2 Å². The number of oxazole rings is 1. The Kier molecular flexibility index (Phi) is 2.90. The molecule has 0 saturated carbocycles. The van der Waals surface area contributed by atoms with E-state index in [-0.39, 0.29) is 6.42 Å². The van der Waals surface area contributed by atoms with Crippen molar-refractivity contribution in [3.8, 4) is 11.5 Å². The SMILES string of the molecule is O=C(O)CCc1cnc(-c2cocn2)nc1. The van der Waals surface area contributed by atoms with E-state index in [2.05, 4.69) is 15.0 Å². The lowest BCUT2D eigenvalue weighted by atomic mass is 10.2. The van der Waals surface area contributed by atoms with Crippen LogP contribution in [0.3, 0.4) is 0 Å². The molecule has 0 unspecified atom stereocenters. The average Bonchev–Trinajstić information content (AvgIpc) is 2.80. The molecule has 16 heavy (non-hydrogen) atoms. The van der Waals surface area contributed by atoms with E-state index in [0.29, 0.717) is 17.9 Å². The van der Waals surface area contributed by atoms with Crippen molar-refractivity contribution in [2.24, 2.45) is 0 Å². The summed E-state index contributed by atoms with van der Waals surface area (Å²) in [6, 6.07) is 0. The van der Waals surface area contributed by atoms with Crippen molar-refractivity contribution in [1.82, 2.24) is 15.0 Å². The average molecular weight is 219 g/mol. The highest BCUT2D eigenvalue weighted by Gasteiger charge is 2.05. The maximum atomic E-state index is 10.4. The van der Waals surface area contributed by atoms with Crippen LogP contribution in [0, 0.1) is 0 Å². The van der Waals surface area contributed by atoms with Crippen molar-refractivity contribution < 1.29 is 14.3 Å². The number of aromatic nitrogens is 3. The van der Waals surface area contributed by atoms with E-state index in [1.165, 1.54) is 12.7 Å². The van der Waals surface area contributed by atoms with E-state index < -0.39 is 5.97 Å². The second-order valence-corrected chi connectivity index (χ2v) is 3.18. The molecule has 0 spiro atoms. The number of hydrogen-bond donors (Lipinski definition) is 1. The maximum absolute atomic E-state index is 10.4. The topological polar surface area (TPSA) is 89.1 Å². The smallest absolute Gasteiger partial charge is 0.303 e. The van der Waals surface area contributed by atoms with Crippen molar-refractivity contribution in [2.45, 2.75) is 12.8 Å². The number of carboxylic acids is 1. The molecule has 0 aliphatic rings. The van der Waals surface area contributed by atoms with Crippen LogP contribution in [-0.4, -0.2) is 26.0 Å². The van der Waals surface area contributed by atoms with Gasteiger partial charge in [0.25, 0.3) is 0 Å². The van der Waals surface area contributed by atoms with Gasteiger partial charge in [0, 0.05) is 18.8 Å². The standard InChI is InChI=1S/C10H9N3O3/c14-9(15)2-1-7-3-11-10(12-4-7)8-5-16-6-13-8/h3-6H,1-2H2,(H,14,15). The van der Waals surface area contributed by atoms with E-state index in [1.807, 2.05) is 0 Å². The van der Waals surface area contributed by atoms with Crippen molar-refractivity contribution in [3.05, 3.63) is 30.6 Å². The van der Waals surface area contributed by atoms with E-state index in [9.17, 15) is 4.79 Å². The monoisotopic (exact) mass is 219 g/mol. The molecular formula is C10H9N3O3. The first-order chi connectivity index (χ1) is 7.75. The molecule has 6 heteroatoms. The van der Waals surface area contributed by atoms with Crippen molar-refractivity contribution in [1.29, 1.82) is 0 Å². The molecule has 0 aromatic carbocycles. The number of carboxylic acid groups (broad SMARTS) is 1. The minimum Gasteiger partial charge on any atom is -0.481 e. The summed E-state index contributed by atoms with van der Waals surface area (Å²) in [5.41, 5.74) is 1.35. The number of hydrogen-bond acceptors (Lipinski definition) is 5. The molecular weight excluding hydrogens is 210 g/mol. The summed E-state index contributed by atoms with van der Waals surface area (Å²) in [6.45, 7) is 0. The summed E-state index contributed by atoms with van der Waals surface area (Å²) >= 11 is 0. The molecule has 0 fully saturated rings. The highest BCUT2D eigenvalue weighted by molar-refractivity contribution is 5.67. The lowest BCUT2D eigenvalue weighted by molar-refractivity contribution is -0.136. The molecule has 0 bridgehead atoms. The maximum Gasteiger partial charge on any atom is 0.303 e. The summed E-state index contributed by atoms with van der Waals surface area (Å²) in [4.78, 5) is 22.4. The molecule has 2 rings (SSSR count). The van der Waals surface area contributed by atoms with Gasteiger partial charge >= 0.3 is 5.97 Å². The zero-order valence-electron chi connectivity index (χ0n) is 8.33. The minimum atomic E-state index is -0.833. The van der Waals surface area contributed by atoms with Gasteiger partial charge in [0.15, 0.2) is 12.2 Å². The predicted octanol–water partition coefficient (Wildman–Crippen LogP) is 1.15. The Labute approximate surface area is 91.0 Å². The number of aryl methyl sites for hydroxylation is 1. The Morgan fingerprint density at radius 1 is 1.31 bits per heavy atom. The fraction of sp³-hybridized carbons (Fsp3) is 0.200. The van der Waals surface area contributed by atoms with Gasteiger partial charge in [-0.15, -0.1) is 0 Å². The van der Waals surface area contributed by atoms with E-state index in [4.69, 9.17) is 9.52 Å². The highest BCUT2D eigenvalue weighted by atomic mass is 16.4. The van der Waals surface area contributed by atoms with Crippen molar-refractivity contribution in [2.75, 3.05) is 0 Å². The van der Waals surface area contributed by atoms with Gasteiger partial charge in [0.1, 0.15) is 12.0 Å². The Morgan fingerprint density at radius 2 is 2.06 bits per heavy atom. The third kappa shape index (κ3) is 2.41. The zero-order valence-corrected chi connectivity index (χ0v) is 8.33. The van der Waals surface area contributed by atoms with Gasteiger partial charge in [-0.25, -0.2) is 15.0 Å². The molecule has 0 aliphatic carbocycles. The van der Waals surface area contributed by atoms with Crippen LogP contribution in [0.5, 0.6) is 0 Å². The van der Waals surface area contributed by atoms with Gasteiger partial charge in [-0.1, -0.05) is 0 Å². The second-order valence-electron chi connectivity index (χ2n) is 3.18. The minimum absolute atomic E-state index is 0.0761. The molecule has 0 radical (unpaired) electrons. The zero-order chi connectivity index (χ0) is 11.4. The summed E-state index contributed by atoms with van der Waals surface area (Å²) in [6.07, 6.45) is 6.45. The Hall–Kier alpha value is -2.24. The summed E-state index contributed by atoms with van der Waals surface area (Å²) in [7, 11) is 0. The Bertz CT molecular complexity index is 465. The number of nitrogens with zero attached hydrogens (tertiary/aromatic N) is 3. The highest BCUT2D eigenvalue weighted by Crippen LogP contribution is 2.11. The lowest BCUT2D eigenvalue weighted by Gasteiger charge is -1.98. The van der Waals surface area contributed by atoms with Crippen LogP contribution >= 0.6 is 0 Å². The first-order valence-corrected chi connectivity index (χ1v) is 4.67. The third-order valence-electron chi connectivity index (χ3n) is 1.99. The van der Waals surface area contributed by atoms with E-state index >= 15 is 0 Å². The van der Waals surface area contributed by atoms with Crippen LogP contribution in [0.25, 0.3) is 11.5 Å². The van der Waals surface area contributed by atoms with E-state index in [1.54, 1.807) is 12.4 Å². The molecule has 82 valence electrons. The van der Waals surface area contributed by atoms with Gasteiger partial charge in [0.05, 0.1) is 0 Å². The molecule has 0 atom stereocenters. The van der Waals surface area contributed by atoms with Crippen molar-refractivity contribution >= 4 is 5.97 Å². The fourth-order valence-electron chi connectivity index (χ4n) is 1.19. The molecule has 2 heterocycles.